The number of hydrogen-bond donors (Lipinski definition) is 1. The molecule has 0 spiro atoms. The summed E-state index contributed by atoms with van der Waals surface area (Å²) in [5, 5.41) is 3.19. The minimum absolute atomic E-state index is 0.737. The Morgan fingerprint density at radius 1 is 1.11 bits per heavy atom. The Hall–Kier alpha value is -1.75. The van der Waals surface area contributed by atoms with E-state index >= 15 is 0 Å². The third kappa shape index (κ3) is 2.92. The highest BCUT2D eigenvalue weighted by molar-refractivity contribution is 9.10. The molecule has 1 aromatic heterocycles. The highest BCUT2D eigenvalue weighted by atomic mass is 79.9. The topological polar surface area (TPSA) is 43.4 Å². The van der Waals surface area contributed by atoms with Crippen LogP contribution in [0.2, 0.25) is 0 Å². The van der Waals surface area contributed by atoms with Crippen LogP contribution in [0.4, 0.5) is 11.5 Å². The molecule has 0 amide bonds. The van der Waals surface area contributed by atoms with Gasteiger partial charge in [-0.2, -0.15) is 0 Å². The van der Waals surface area contributed by atoms with Crippen molar-refractivity contribution in [3.8, 4) is 11.5 Å². The van der Waals surface area contributed by atoms with E-state index in [1.807, 2.05) is 30.3 Å². The molecule has 0 radical (unpaired) electrons. The highest BCUT2D eigenvalue weighted by Gasteiger charge is 2.05. The van der Waals surface area contributed by atoms with Gasteiger partial charge in [0.05, 0.1) is 19.9 Å². The second-order valence-corrected chi connectivity index (χ2v) is 4.47. The fourth-order valence-corrected chi connectivity index (χ4v) is 1.73. The molecule has 1 heterocycles. The molecule has 0 aliphatic rings. The van der Waals surface area contributed by atoms with Gasteiger partial charge in [0.25, 0.3) is 0 Å². The van der Waals surface area contributed by atoms with E-state index in [4.69, 9.17) is 9.47 Å². The van der Waals surface area contributed by atoms with Gasteiger partial charge < -0.3 is 14.8 Å². The lowest BCUT2D eigenvalue weighted by Crippen LogP contribution is -1.97. The minimum Gasteiger partial charge on any atom is -0.497 e. The molecular weight excluding hydrogens is 296 g/mol. The van der Waals surface area contributed by atoms with Crippen molar-refractivity contribution >= 4 is 27.4 Å². The molecule has 18 heavy (non-hydrogen) atoms. The third-order valence-corrected chi connectivity index (χ3v) is 2.87. The number of pyridine rings is 1. The van der Waals surface area contributed by atoms with Crippen LogP contribution in [0, 0.1) is 0 Å². The molecule has 0 atom stereocenters. The summed E-state index contributed by atoms with van der Waals surface area (Å²) in [7, 11) is 3.26. The van der Waals surface area contributed by atoms with E-state index in [-0.39, 0.29) is 0 Å². The summed E-state index contributed by atoms with van der Waals surface area (Å²) in [6.45, 7) is 0. The normalized spacial score (nSPS) is 9.94. The molecule has 1 N–H and O–H groups in total. The quantitative estimate of drug-likeness (QED) is 0.937. The fourth-order valence-electron chi connectivity index (χ4n) is 1.50. The van der Waals surface area contributed by atoms with E-state index in [0.29, 0.717) is 0 Å². The van der Waals surface area contributed by atoms with Crippen molar-refractivity contribution in [2.75, 3.05) is 19.5 Å². The van der Waals surface area contributed by atoms with Crippen molar-refractivity contribution in [3.63, 3.8) is 0 Å². The standard InChI is InChI=1S/C13H13BrN2O2/c1-17-10-4-5-12(18-2)11(7-10)16-13-6-3-9(14)8-15-13/h3-8H,1-2H3,(H,15,16). The zero-order valence-corrected chi connectivity index (χ0v) is 11.7. The summed E-state index contributed by atoms with van der Waals surface area (Å²) in [5.41, 5.74) is 0.812. The van der Waals surface area contributed by atoms with Crippen LogP contribution in [0.3, 0.4) is 0 Å². The van der Waals surface area contributed by atoms with Crippen LogP contribution < -0.4 is 14.8 Å². The summed E-state index contributed by atoms with van der Waals surface area (Å²) in [6.07, 6.45) is 1.73. The number of aromatic nitrogens is 1. The van der Waals surface area contributed by atoms with E-state index in [0.717, 1.165) is 27.5 Å². The summed E-state index contributed by atoms with van der Waals surface area (Å²) < 4.78 is 11.4. The predicted octanol–water partition coefficient (Wildman–Crippen LogP) is 3.60. The van der Waals surface area contributed by atoms with E-state index in [1.165, 1.54) is 0 Å². The lowest BCUT2D eigenvalue weighted by molar-refractivity contribution is 0.405. The zero-order chi connectivity index (χ0) is 13.0. The molecule has 0 saturated heterocycles. The first-order valence-corrected chi connectivity index (χ1v) is 6.13. The molecule has 2 aromatic rings. The third-order valence-electron chi connectivity index (χ3n) is 2.40. The first-order valence-electron chi connectivity index (χ1n) is 5.33. The van der Waals surface area contributed by atoms with Gasteiger partial charge in [-0.3, -0.25) is 0 Å². The van der Waals surface area contributed by atoms with E-state index in [2.05, 4.69) is 26.2 Å². The number of hydrogen-bond acceptors (Lipinski definition) is 4. The van der Waals surface area contributed by atoms with Gasteiger partial charge in [0.1, 0.15) is 17.3 Å². The molecular formula is C13H13BrN2O2. The Balaban J connectivity index is 2.29. The van der Waals surface area contributed by atoms with Gasteiger partial charge in [0, 0.05) is 16.7 Å². The number of nitrogens with one attached hydrogen (secondary N) is 1. The van der Waals surface area contributed by atoms with Crippen molar-refractivity contribution in [2.24, 2.45) is 0 Å². The highest BCUT2D eigenvalue weighted by Crippen LogP contribution is 2.31. The van der Waals surface area contributed by atoms with Crippen LogP contribution in [-0.2, 0) is 0 Å². The monoisotopic (exact) mass is 308 g/mol. The molecule has 5 heteroatoms. The largest absolute Gasteiger partial charge is 0.497 e. The molecule has 0 unspecified atom stereocenters. The summed E-state index contributed by atoms with van der Waals surface area (Å²) in [5.74, 6) is 2.24. The number of ether oxygens (including phenoxy) is 2. The van der Waals surface area contributed by atoms with Crippen LogP contribution in [-0.4, -0.2) is 19.2 Å². The average Bonchev–Trinajstić information content (AvgIpc) is 2.41. The second kappa shape index (κ2) is 5.73. The van der Waals surface area contributed by atoms with Crippen LogP contribution in [0.5, 0.6) is 11.5 Å². The number of rotatable bonds is 4. The first-order chi connectivity index (χ1) is 8.72. The predicted molar refractivity (Wildman–Crippen MR) is 74.8 cm³/mol. The van der Waals surface area contributed by atoms with Gasteiger partial charge in [0.2, 0.25) is 0 Å². The molecule has 0 aliphatic heterocycles. The van der Waals surface area contributed by atoms with Crippen LogP contribution >= 0.6 is 15.9 Å². The van der Waals surface area contributed by atoms with Crippen molar-refractivity contribution < 1.29 is 9.47 Å². The molecule has 94 valence electrons. The summed E-state index contributed by atoms with van der Waals surface area (Å²) in [4.78, 5) is 4.25. The maximum absolute atomic E-state index is 5.29. The Bertz CT molecular complexity index is 529. The summed E-state index contributed by atoms with van der Waals surface area (Å²) in [6, 6.07) is 9.35. The van der Waals surface area contributed by atoms with Gasteiger partial charge in [-0.15, -0.1) is 0 Å². The van der Waals surface area contributed by atoms with Gasteiger partial charge in [-0.05, 0) is 40.2 Å². The number of halogens is 1. The fraction of sp³-hybridized carbons (Fsp3) is 0.154. The average molecular weight is 309 g/mol. The van der Waals surface area contributed by atoms with Crippen molar-refractivity contribution in [1.82, 2.24) is 4.98 Å². The minimum atomic E-state index is 0.737. The zero-order valence-electron chi connectivity index (χ0n) is 10.1. The molecule has 1 aromatic carbocycles. The Labute approximate surface area is 114 Å². The van der Waals surface area contributed by atoms with Gasteiger partial charge >= 0.3 is 0 Å². The Morgan fingerprint density at radius 3 is 2.56 bits per heavy atom. The SMILES string of the molecule is COc1ccc(OC)c(Nc2ccc(Br)cn2)c1. The number of methoxy groups -OCH3 is 2. The van der Waals surface area contributed by atoms with Crippen LogP contribution in [0.15, 0.2) is 41.0 Å². The summed E-state index contributed by atoms with van der Waals surface area (Å²) >= 11 is 3.35. The van der Waals surface area contributed by atoms with E-state index in [1.54, 1.807) is 20.4 Å². The van der Waals surface area contributed by atoms with Crippen LogP contribution in [0.1, 0.15) is 0 Å². The van der Waals surface area contributed by atoms with Crippen LogP contribution in [0.25, 0.3) is 0 Å². The van der Waals surface area contributed by atoms with E-state index in [9.17, 15) is 0 Å². The molecule has 0 saturated carbocycles. The number of anilines is 2. The molecule has 0 fully saturated rings. The maximum atomic E-state index is 5.29. The van der Waals surface area contributed by atoms with Crippen molar-refractivity contribution in [3.05, 3.63) is 41.0 Å². The number of benzene rings is 1. The lowest BCUT2D eigenvalue weighted by Gasteiger charge is -2.12. The molecule has 0 aliphatic carbocycles. The second-order valence-electron chi connectivity index (χ2n) is 3.55. The smallest absolute Gasteiger partial charge is 0.142 e. The molecule has 2 rings (SSSR count). The Morgan fingerprint density at radius 2 is 1.94 bits per heavy atom. The molecule has 4 nitrogen and oxygen atoms in total. The van der Waals surface area contributed by atoms with Gasteiger partial charge in [-0.25, -0.2) is 4.98 Å². The van der Waals surface area contributed by atoms with Gasteiger partial charge in [0.15, 0.2) is 0 Å². The Kier molecular flexibility index (Phi) is 4.04. The van der Waals surface area contributed by atoms with Crippen molar-refractivity contribution in [1.29, 1.82) is 0 Å². The van der Waals surface area contributed by atoms with Crippen molar-refractivity contribution in [2.45, 2.75) is 0 Å². The number of nitrogens with zero attached hydrogens (tertiary/aromatic N) is 1. The molecule has 0 bridgehead atoms. The first kappa shape index (κ1) is 12.7. The van der Waals surface area contributed by atoms with E-state index < -0.39 is 0 Å². The lowest BCUT2D eigenvalue weighted by atomic mass is 10.2. The van der Waals surface area contributed by atoms with Gasteiger partial charge in [-0.1, -0.05) is 0 Å². The maximum Gasteiger partial charge on any atom is 0.142 e.